The van der Waals surface area contributed by atoms with Crippen molar-refractivity contribution in [2.45, 2.75) is 25.9 Å². The zero-order valence-corrected chi connectivity index (χ0v) is 11.4. The zero-order chi connectivity index (χ0) is 12.4. The Morgan fingerprint density at radius 3 is 2.94 bits per heavy atom. The van der Waals surface area contributed by atoms with E-state index < -0.39 is 0 Å². The van der Waals surface area contributed by atoms with E-state index in [4.69, 9.17) is 10.3 Å². The van der Waals surface area contributed by atoms with Gasteiger partial charge in [0.05, 0.1) is 12.1 Å². The first kappa shape index (κ1) is 12.9. The van der Waals surface area contributed by atoms with Crippen molar-refractivity contribution in [3.05, 3.63) is 11.7 Å². The predicted octanol–water partition coefficient (Wildman–Crippen LogP) is 1.45. The van der Waals surface area contributed by atoms with Gasteiger partial charge in [-0.05, 0) is 13.0 Å². The van der Waals surface area contributed by atoms with Crippen molar-refractivity contribution in [1.29, 1.82) is 0 Å². The molecule has 1 aromatic rings. The second-order valence-corrected chi connectivity index (χ2v) is 5.98. The van der Waals surface area contributed by atoms with Gasteiger partial charge in [0.15, 0.2) is 5.82 Å². The summed E-state index contributed by atoms with van der Waals surface area (Å²) < 4.78 is 5.27. The van der Waals surface area contributed by atoms with Crippen molar-refractivity contribution in [2.24, 2.45) is 11.7 Å². The molecule has 2 rings (SSSR count). The van der Waals surface area contributed by atoms with Crippen LogP contribution in [0.1, 0.15) is 37.6 Å². The number of hydrogen-bond donors (Lipinski definition) is 1. The third-order valence-electron chi connectivity index (χ3n) is 3.15. The molecule has 0 amide bonds. The monoisotopic (exact) mass is 256 g/mol. The predicted molar refractivity (Wildman–Crippen MR) is 68.8 cm³/mol. The van der Waals surface area contributed by atoms with Crippen molar-refractivity contribution < 1.29 is 4.52 Å². The summed E-state index contributed by atoms with van der Waals surface area (Å²) in [5.74, 6) is 3.82. The van der Waals surface area contributed by atoms with Crippen LogP contribution in [0.3, 0.4) is 0 Å². The Morgan fingerprint density at radius 1 is 1.53 bits per heavy atom. The Morgan fingerprint density at radius 2 is 2.29 bits per heavy atom. The molecule has 1 aliphatic rings. The molecule has 6 heteroatoms. The highest BCUT2D eigenvalue weighted by Gasteiger charge is 2.27. The van der Waals surface area contributed by atoms with E-state index >= 15 is 0 Å². The van der Waals surface area contributed by atoms with E-state index in [9.17, 15) is 0 Å². The zero-order valence-electron chi connectivity index (χ0n) is 10.6. The average molecular weight is 256 g/mol. The maximum absolute atomic E-state index is 6.00. The highest BCUT2D eigenvalue weighted by Crippen LogP contribution is 2.27. The summed E-state index contributed by atoms with van der Waals surface area (Å²) in [6.07, 6.45) is 0. The number of nitrogens with zero attached hydrogens (tertiary/aromatic N) is 3. The van der Waals surface area contributed by atoms with Gasteiger partial charge in [-0.1, -0.05) is 19.0 Å². The van der Waals surface area contributed by atoms with Crippen LogP contribution < -0.4 is 5.73 Å². The number of nitrogens with two attached hydrogens (primary N) is 1. The third-order valence-corrected chi connectivity index (χ3v) is 4.18. The lowest BCUT2D eigenvalue weighted by atomic mass is 10.1. The van der Waals surface area contributed by atoms with Gasteiger partial charge < -0.3 is 10.3 Å². The van der Waals surface area contributed by atoms with Gasteiger partial charge in [0.2, 0.25) is 5.89 Å². The Labute approximate surface area is 106 Å². The van der Waals surface area contributed by atoms with Gasteiger partial charge in [-0.3, -0.25) is 4.90 Å². The molecule has 1 fully saturated rings. The summed E-state index contributed by atoms with van der Waals surface area (Å²) in [5, 5.41) is 4.07. The van der Waals surface area contributed by atoms with E-state index in [0.717, 1.165) is 18.1 Å². The molecule has 0 radical (unpaired) electrons. The normalized spacial score (nSPS) is 24.2. The molecule has 2 atom stereocenters. The molecule has 0 spiro atoms. The number of thioether (sulfide) groups is 1. The molecule has 5 nitrogen and oxygen atoms in total. The number of aromatic nitrogens is 2. The van der Waals surface area contributed by atoms with Gasteiger partial charge in [-0.25, -0.2) is 0 Å². The van der Waals surface area contributed by atoms with Crippen molar-refractivity contribution >= 4 is 11.8 Å². The fourth-order valence-corrected chi connectivity index (χ4v) is 2.97. The fourth-order valence-electron chi connectivity index (χ4n) is 1.76. The summed E-state index contributed by atoms with van der Waals surface area (Å²) in [6.45, 7) is 5.17. The smallest absolute Gasteiger partial charge is 0.243 e. The second kappa shape index (κ2) is 5.37. The lowest BCUT2D eigenvalue weighted by Crippen LogP contribution is -2.33. The Kier molecular flexibility index (Phi) is 4.06. The van der Waals surface area contributed by atoms with Crippen molar-refractivity contribution in [3.8, 4) is 0 Å². The molecule has 0 bridgehead atoms. The van der Waals surface area contributed by atoms with Gasteiger partial charge in [0.1, 0.15) is 0 Å². The first-order valence-corrected chi connectivity index (χ1v) is 7.12. The van der Waals surface area contributed by atoms with Crippen LogP contribution in [0.25, 0.3) is 0 Å². The molecule has 2 heterocycles. The van der Waals surface area contributed by atoms with E-state index in [1.165, 1.54) is 5.75 Å². The largest absolute Gasteiger partial charge is 0.338 e. The van der Waals surface area contributed by atoms with Crippen LogP contribution in [-0.4, -0.2) is 40.1 Å². The van der Waals surface area contributed by atoms with Gasteiger partial charge in [-0.2, -0.15) is 16.7 Å². The van der Waals surface area contributed by atoms with Crippen LogP contribution in [0.2, 0.25) is 0 Å². The second-order valence-electron chi connectivity index (χ2n) is 4.83. The SMILES string of the molecule is CC(C)[C@H](N)c1nc(C2CSCCN2C)no1. The van der Waals surface area contributed by atoms with Crippen LogP contribution in [0.4, 0.5) is 0 Å². The van der Waals surface area contributed by atoms with Crippen molar-refractivity contribution in [2.75, 3.05) is 25.1 Å². The van der Waals surface area contributed by atoms with Crippen LogP contribution in [0.15, 0.2) is 4.52 Å². The standard InChI is InChI=1S/C11H20N4OS/c1-7(2)9(12)11-13-10(14-16-11)8-6-17-5-4-15(8)3/h7-9H,4-6,12H2,1-3H3/t8?,9-/m0/s1. The van der Waals surface area contributed by atoms with Gasteiger partial charge in [-0.15, -0.1) is 0 Å². The van der Waals surface area contributed by atoms with Crippen molar-refractivity contribution in [1.82, 2.24) is 15.0 Å². The quantitative estimate of drug-likeness (QED) is 0.882. The molecule has 0 saturated carbocycles. The molecule has 17 heavy (non-hydrogen) atoms. The maximum atomic E-state index is 6.00. The molecule has 2 N–H and O–H groups in total. The molecule has 1 saturated heterocycles. The van der Waals surface area contributed by atoms with Crippen LogP contribution >= 0.6 is 11.8 Å². The van der Waals surface area contributed by atoms with Gasteiger partial charge >= 0.3 is 0 Å². The van der Waals surface area contributed by atoms with E-state index in [1.807, 2.05) is 11.8 Å². The third kappa shape index (κ3) is 2.81. The summed E-state index contributed by atoms with van der Waals surface area (Å²) >= 11 is 1.93. The Balaban J connectivity index is 2.12. The van der Waals surface area contributed by atoms with Crippen LogP contribution in [-0.2, 0) is 0 Å². The molecule has 96 valence electrons. The van der Waals surface area contributed by atoms with E-state index in [0.29, 0.717) is 11.8 Å². The molecule has 1 aromatic heterocycles. The summed E-state index contributed by atoms with van der Waals surface area (Å²) in [4.78, 5) is 6.72. The summed E-state index contributed by atoms with van der Waals surface area (Å²) in [7, 11) is 2.10. The number of rotatable bonds is 3. The minimum absolute atomic E-state index is 0.169. The lowest BCUT2D eigenvalue weighted by Gasteiger charge is -2.29. The Hall–Kier alpha value is -0.590. The topological polar surface area (TPSA) is 68.2 Å². The lowest BCUT2D eigenvalue weighted by molar-refractivity contribution is 0.255. The van der Waals surface area contributed by atoms with Crippen molar-refractivity contribution in [3.63, 3.8) is 0 Å². The maximum Gasteiger partial charge on any atom is 0.243 e. The summed E-state index contributed by atoms with van der Waals surface area (Å²) in [5.41, 5.74) is 6.00. The molecule has 0 aliphatic carbocycles. The minimum Gasteiger partial charge on any atom is -0.338 e. The van der Waals surface area contributed by atoms with E-state index in [1.54, 1.807) is 0 Å². The first-order chi connectivity index (χ1) is 8.09. The molecular formula is C11H20N4OS. The van der Waals surface area contributed by atoms with Crippen LogP contribution in [0.5, 0.6) is 0 Å². The minimum atomic E-state index is -0.169. The van der Waals surface area contributed by atoms with E-state index in [-0.39, 0.29) is 12.1 Å². The Bertz CT molecular complexity index is 368. The molecular weight excluding hydrogens is 236 g/mol. The van der Waals surface area contributed by atoms with E-state index in [2.05, 4.69) is 35.9 Å². The average Bonchev–Trinajstić information content (AvgIpc) is 2.77. The van der Waals surface area contributed by atoms with Gasteiger partial charge in [0, 0.05) is 18.1 Å². The summed E-state index contributed by atoms with van der Waals surface area (Å²) in [6, 6.07) is 0.0865. The van der Waals surface area contributed by atoms with Crippen LogP contribution in [0, 0.1) is 5.92 Å². The molecule has 0 aromatic carbocycles. The fraction of sp³-hybridized carbons (Fsp3) is 0.818. The first-order valence-electron chi connectivity index (χ1n) is 5.96. The molecule has 1 aliphatic heterocycles. The molecule has 1 unspecified atom stereocenters. The van der Waals surface area contributed by atoms with Gasteiger partial charge in [0.25, 0.3) is 0 Å². The number of hydrogen-bond acceptors (Lipinski definition) is 6. The highest BCUT2D eigenvalue weighted by atomic mass is 32.2. The highest BCUT2D eigenvalue weighted by molar-refractivity contribution is 7.99.